The Morgan fingerprint density at radius 2 is 1.93 bits per heavy atom. The third-order valence-electron chi connectivity index (χ3n) is 5.73. The quantitative estimate of drug-likeness (QED) is 0.826. The van der Waals surface area contributed by atoms with Crippen molar-refractivity contribution < 1.29 is 4.79 Å². The van der Waals surface area contributed by atoms with Gasteiger partial charge in [0.25, 0.3) is 0 Å². The maximum atomic E-state index is 13.1. The number of likely N-dealkylation sites (tertiary alicyclic amines) is 1. The van der Waals surface area contributed by atoms with E-state index >= 15 is 0 Å². The first-order valence-electron chi connectivity index (χ1n) is 10.2. The van der Waals surface area contributed by atoms with E-state index in [1.807, 2.05) is 35.4 Å². The lowest BCUT2D eigenvalue weighted by molar-refractivity contribution is -0.128. The lowest BCUT2D eigenvalue weighted by atomic mass is 10.2. The summed E-state index contributed by atoms with van der Waals surface area (Å²) in [6, 6.07) is 14.7. The number of carbonyl (C=O) groups excluding carboxylic acids is 1. The Bertz CT molecular complexity index is 748. The Labute approximate surface area is 167 Å². The molecule has 1 aromatic carbocycles. The van der Waals surface area contributed by atoms with Gasteiger partial charge < -0.3 is 15.1 Å². The van der Waals surface area contributed by atoms with E-state index in [1.165, 1.54) is 0 Å². The van der Waals surface area contributed by atoms with Crippen LogP contribution in [-0.4, -0.2) is 72.5 Å². The highest BCUT2D eigenvalue weighted by Crippen LogP contribution is 2.20. The maximum Gasteiger partial charge on any atom is 0.242 e. The molecule has 6 heteroatoms. The highest BCUT2D eigenvalue weighted by Gasteiger charge is 2.31. The smallest absolute Gasteiger partial charge is 0.242 e. The van der Waals surface area contributed by atoms with Crippen LogP contribution in [-0.2, 0) is 11.3 Å². The van der Waals surface area contributed by atoms with E-state index < -0.39 is 0 Å². The number of amides is 1. The van der Waals surface area contributed by atoms with Gasteiger partial charge in [-0.05, 0) is 30.2 Å². The molecular formula is C22H29N5O. The van der Waals surface area contributed by atoms with Gasteiger partial charge in [0, 0.05) is 69.9 Å². The monoisotopic (exact) mass is 379 g/mol. The van der Waals surface area contributed by atoms with Crippen LogP contribution in [0.4, 0.5) is 5.69 Å². The average molecular weight is 380 g/mol. The van der Waals surface area contributed by atoms with Crippen LogP contribution >= 0.6 is 0 Å². The van der Waals surface area contributed by atoms with Crippen molar-refractivity contribution in [2.24, 2.45) is 0 Å². The second kappa shape index (κ2) is 9.17. The van der Waals surface area contributed by atoms with E-state index in [9.17, 15) is 4.79 Å². The zero-order valence-corrected chi connectivity index (χ0v) is 16.3. The standard InChI is InChI=1S/C22H29N5O/c28-22(26-12-8-21(17-26)25-13-10-23-11-14-25)18-27(20-6-2-1-3-7-20)16-19-5-4-9-24-15-19/h1-7,9,15,21,23H,8,10-14,16-18H2. The molecule has 0 radical (unpaired) electrons. The van der Waals surface area contributed by atoms with Gasteiger partial charge >= 0.3 is 0 Å². The summed E-state index contributed by atoms with van der Waals surface area (Å²) in [4.78, 5) is 24.0. The fraction of sp³-hybridized carbons (Fsp3) is 0.455. The predicted molar refractivity (Wildman–Crippen MR) is 111 cm³/mol. The second-order valence-electron chi connectivity index (χ2n) is 7.62. The fourth-order valence-corrected chi connectivity index (χ4v) is 4.17. The van der Waals surface area contributed by atoms with Gasteiger partial charge in [-0.3, -0.25) is 14.7 Å². The molecule has 1 unspecified atom stereocenters. The molecule has 0 spiro atoms. The first-order valence-corrected chi connectivity index (χ1v) is 10.2. The van der Waals surface area contributed by atoms with Crippen molar-refractivity contribution in [2.45, 2.75) is 19.0 Å². The van der Waals surface area contributed by atoms with E-state index in [4.69, 9.17) is 0 Å². The molecule has 2 aromatic rings. The van der Waals surface area contributed by atoms with Gasteiger partial charge in [-0.25, -0.2) is 0 Å². The highest BCUT2D eigenvalue weighted by atomic mass is 16.2. The van der Waals surface area contributed by atoms with Gasteiger partial charge in [0.1, 0.15) is 0 Å². The van der Waals surface area contributed by atoms with Crippen LogP contribution in [0.2, 0.25) is 0 Å². The summed E-state index contributed by atoms with van der Waals surface area (Å²) < 4.78 is 0. The summed E-state index contributed by atoms with van der Waals surface area (Å²) >= 11 is 0. The van der Waals surface area contributed by atoms with Gasteiger partial charge in [-0.1, -0.05) is 24.3 Å². The lowest BCUT2D eigenvalue weighted by Gasteiger charge is -2.33. The molecule has 0 aliphatic carbocycles. The molecular weight excluding hydrogens is 350 g/mol. The third-order valence-corrected chi connectivity index (χ3v) is 5.73. The normalized spacial score (nSPS) is 20.3. The number of hydrogen-bond donors (Lipinski definition) is 1. The molecule has 1 N–H and O–H groups in total. The lowest BCUT2D eigenvalue weighted by Crippen LogP contribution is -2.49. The van der Waals surface area contributed by atoms with E-state index in [0.717, 1.165) is 56.9 Å². The zero-order chi connectivity index (χ0) is 19.2. The molecule has 2 aliphatic heterocycles. The summed E-state index contributed by atoms with van der Waals surface area (Å²) in [5.74, 6) is 0.213. The predicted octanol–water partition coefficient (Wildman–Crippen LogP) is 1.59. The SMILES string of the molecule is O=C(CN(Cc1cccnc1)c1ccccc1)N1CCC(N2CCNCC2)C1. The number of pyridine rings is 1. The number of para-hydroxylation sites is 1. The van der Waals surface area contributed by atoms with Gasteiger partial charge in [0.15, 0.2) is 0 Å². The first kappa shape index (κ1) is 18.9. The number of nitrogens with zero attached hydrogens (tertiary/aromatic N) is 4. The number of benzene rings is 1. The molecule has 1 aromatic heterocycles. The average Bonchev–Trinajstić information content (AvgIpc) is 3.26. The Morgan fingerprint density at radius 1 is 1.11 bits per heavy atom. The molecule has 1 amide bonds. The van der Waals surface area contributed by atoms with Crippen LogP contribution in [0, 0.1) is 0 Å². The van der Waals surface area contributed by atoms with Crippen LogP contribution in [0.1, 0.15) is 12.0 Å². The van der Waals surface area contributed by atoms with Crippen LogP contribution in [0.15, 0.2) is 54.9 Å². The molecule has 2 saturated heterocycles. The van der Waals surface area contributed by atoms with Crippen molar-refractivity contribution in [3.05, 3.63) is 60.4 Å². The van der Waals surface area contributed by atoms with Crippen molar-refractivity contribution in [3.63, 3.8) is 0 Å². The van der Waals surface area contributed by atoms with Gasteiger partial charge in [0.05, 0.1) is 6.54 Å². The largest absolute Gasteiger partial charge is 0.358 e. The van der Waals surface area contributed by atoms with Crippen molar-refractivity contribution in [1.29, 1.82) is 0 Å². The van der Waals surface area contributed by atoms with Gasteiger partial charge in [-0.15, -0.1) is 0 Å². The summed E-state index contributed by atoms with van der Waals surface area (Å²) in [6.45, 7) is 7.07. The number of hydrogen-bond acceptors (Lipinski definition) is 5. The Hall–Kier alpha value is -2.44. The minimum Gasteiger partial charge on any atom is -0.358 e. The number of rotatable bonds is 6. The van der Waals surface area contributed by atoms with Gasteiger partial charge in [0.2, 0.25) is 5.91 Å². The molecule has 28 heavy (non-hydrogen) atoms. The van der Waals surface area contributed by atoms with E-state index in [1.54, 1.807) is 6.20 Å². The molecule has 2 aliphatic rings. The number of nitrogens with one attached hydrogen (secondary N) is 1. The minimum atomic E-state index is 0.213. The van der Waals surface area contributed by atoms with E-state index in [0.29, 0.717) is 19.1 Å². The highest BCUT2D eigenvalue weighted by molar-refractivity contribution is 5.81. The van der Waals surface area contributed by atoms with E-state index in [2.05, 4.69) is 38.3 Å². The van der Waals surface area contributed by atoms with Crippen molar-refractivity contribution in [1.82, 2.24) is 20.1 Å². The number of carbonyl (C=O) groups is 1. The topological polar surface area (TPSA) is 51.7 Å². The van der Waals surface area contributed by atoms with Gasteiger partial charge in [-0.2, -0.15) is 0 Å². The van der Waals surface area contributed by atoms with Crippen LogP contribution < -0.4 is 10.2 Å². The van der Waals surface area contributed by atoms with Crippen molar-refractivity contribution in [2.75, 3.05) is 50.7 Å². The number of anilines is 1. The summed E-state index contributed by atoms with van der Waals surface area (Å²) in [6.07, 6.45) is 4.73. The molecule has 148 valence electrons. The fourth-order valence-electron chi connectivity index (χ4n) is 4.17. The first-order chi connectivity index (χ1) is 13.8. The zero-order valence-electron chi connectivity index (χ0n) is 16.3. The van der Waals surface area contributed by atoms with Crippen LogP contribution in [0.5, 0.6) is 0 Å². The summed E-state index contributed by atoms with van der Waals surface area (Å²) in [5, 5.41) is 3.41. The summed E-state index contributed by atoms with van der Waals surface area (Å²) in [7, 11) is 0. The second-order valence-corrected chi connectivity index (χ2v) is 7.62. The summed E-state index contributed by atoms with van der Waals surface area (Å²) in [5.41, 5.74) is 2.18. The molecule has 4 rings (SSSR count). The van der Waals surface area contributed by atoms with Crippen LogP contribution in [0.25, 0.3) is 0 Å². The van der Waals surface area contributed by atoms with Crippen LogP contribution in [0.3, 0.4) is 0 Å². The number of aromatic nitrogens is 1. The van der Waals surface area contributed by atoms with E-state index in [-0.39, 0.29) is 5.91 Å². The third kappa shape index (κ3) is 4.69. The molecule has 0 bridgehead atoms. The molecule has 3 heterocycles. The maximum absolute atomic E-state index is 13.1. The Kier molecular flexibility index (Phi) is 6.19. The molecule has 1 atom stereocenters. The number of piperazine rings is 1. The minimum absolute atomic E-state index is 0.213. The molecule has 0 saturated carbocycles. The Morgan fingerprint density at radius 3 is 2.68 bits per heavy atom. The van der Waals surface area contributed by atoms with Crippen molar-refractivity contribution >= 4 is 11.6 Å². The van der Waals surface area contributed by atoms with Crippen molar-refractivity contribution in [3.8, 4) is 0 Å². The Balaban J connectivity index is 1.41. The molecule has 2 fully saturated rings. The molecule has 6 nitrogen and oxygen atoms in total.